The van der Waals surface area contributed by atoms with Crippen molar-refractivity contribution in [3.05, 3.63) is 0 Å². The van der Waals surface area contributed by atoms with Crippen LogP contribution < -0.4 is 0 Å². The van der Waals surface area contributed by atoms with Crippen LogP contribution in [0.4, 0.5) is 0 Å². The maximum atomic E-state index is 8.74. The molecular formula is H9Ca3O3P. The minimum absolute atomic E-state index is 0. The van der Waals surface area contributed by atoms with Crippen molar-refractivity contribution in [1.29, 1.82) is 0 Å². The predicted molar refractivity (Wildman–Crippen MR) is 39.1 cm³/mol. The van der Waals surface area contributed by atoms with Crippen LogP contribution in [0.3, 0.4) is 0 Å². The first-order chi connectivity index (χ1) is 1.73. The molecule has 0 unspecified atom stereocenters. The van der Waals surface area contributed by atoms with Crippen molar-refractivity contribution in [3.8, 4) is 0 Å². The molecule has 0 rings (SSSR count). The van der Waals surface area contributed by atoms with Gasteiger partial charge >= 0.3 is 121 Å². The van der Waals surface area contributed by atoms with Crippen LogP contribution in [0.25, 0.3) is 0 Å². The first-order valence-electron chi connectivity index (χ1n) is 0.651. The van der Waals surface area contributed by atoms with Crippen molar-refractivity contribution in [3.63, 3.8) is 0 Å². The summed E-state index contributed by atoms with van der Waals surface area (Å²) in [7, 11) is -3.13. The van der Waals surface area contributed by atoms with E-state index < -0.39 is 8.25 Å². The zero-order chi connectivity index (χ0) is 3.58. The average molecular weight is 208 g/mol. The van der Waals surface area contributed by atoms with Crippen LogP contribution in [-0.2, 0) is 4.57 Å². The Balaban J connectivity index is -0.0000000150. The Bertz CT molecular complexity index is 33.2. The standard InChI is InChI=1S/3Ca.H3O3P.6H/c;;;1-4(2)3;;;;;;/h;;;4H,(H2,1,2,3);;;;;;. The van der Waals surface area contributed by atoms with Gasteiger partial charge in [0.2, 0.25) is 0 Å². The van der Waals surface area contributed by atoms with Gasteiger partial charge in [0.25, 0.3) is 0 Å². The molecule has 7 heavy (non-hydrogen) atoms. The van der Waals surface area contributed by atoms with Crippen LogP contribution in [0, 0.1) is 0 Å². The average Bonchev–Trinajstić information content (AvgIpc) is 0.811. The molecule has 0 aliphatic rings. The Morgan fingerprint density at radius 2 is 1.00 bits per heavy atom. The molecule has 0 spiro atoms. The fourth-order valence-corrected chi connectivity index (χ4v) is 0. The summed E-state index contributed by atoms with van der Waals surface area (Å²) in [6.45, 7) is 0. The molecule has 0 saturated heterocycles. The maximum absolute atomic E-state index is 8.74. The molecule has 0 aliphatic heterocycles. The summed E-state index contributed by atoms with van der Waals surface area (Å²) in [5.74, 6) is 0. The Morgan fingerprint density at radius 3 is 1.00 bits per heavy atom. The molecule has 7 heteroatoms. The van der Waals surface area contributed by atoms with E-state index in [1.807, 2.05) is 0 Å². The molecule has 0 aromatic carbocycles. The van der Waals surface area contributed by atoms with Crippen molar-refractivity contribution >= 4 is 121 Å². The molecule has 0 atom stereocenters. The molecule has 0 aliphatic carbocycles. The Morgan fingerprint density at radius 1 is 1.00 bits per heavy atom. The molecule has 0 fully saturated rings. The Hall–Kier alpha value is 3.93. The van der Waals surface area contributed by atoms with E-state index in [0.29, 0.717) is 0 Å². The molecule has 0 amide bonds. The molecule has 2 N–H and O–H groups in total. The van der Waals surface area contributed by atoms with Crippen LogP contribution in [0.15, 0.2) is 0 Å². The van der Waals surface area contributed by atoms with Crippen molar-refractivity contribution in [2.24, 2.45) is 0 Å². The molecular weight excluding hydrogens is 199 g/mol. The van der Waals surface area contributed by atoms with Gasteiger partial charge in [0, 0.05) is 0 Å². The second-order valence-corrected chi connectivity index (χ2v) is 0.848. The third-order valence-electron chi connectivity index (χ3n) is 0. The van der Waals surface area contributed by atoms with Crippen molar-refractivity contribution in [2.45, 2.75) is 0 Å². The Kier molecular flexibility index (Phi) is 52.9. The van der Waals surface area contributed by atoms with E-state index in [9.17, 15) is 0 Å². The van der Waals surface area contributed by atoms with Crippen molar-refractivity contribution in [1.82, 2.24) is 0 Å². The zero-order valence-electron chi connectivity index (χ0n) is 1.80. The van der Waals surface area contributed by atoms with Gasteiger partial charge in [-0.2, -0.15) is 0 Å². The normalized spacial score (nSPS) is 5.00. The van der Waals surface area contributed by atoms with Crippen molar-refractivity contribution < 1.29 is 14.4 Å². The van der Waals surface area contributed by atoms with E-state index in [2.05, 4.69) is 0 Å². The van der Waals surface area contributed by atoms with Crippen LogP contribution >= 0.6 is 8.25 Å². The predicted octanol–water partition coefficient (Wildman–Crippen LogP) is -3.39. The zero-order valence-corrected chi connectivity index (χ0v) is 2.80. The molecule has 0 aromatic heterocycles. The van der Waals surface area contributed by atoms with E-state index in [1.54, 1.807) is 0 Å². The Labute approximate surface area is 132 Å². The molecule has 0 heterocycles. The van der Waals surface area contributed by atoms with Gasteiger partial charge in [0.15, 0.2) is 0 Å². The van der Waals surface area contributed by atoms with Crippen LogP contribution in [0.1, 0.15) is 0 Å². The van der Waals surface area contributed by atoms with Gasteiger partial charge < -0.3 is 9.79 Å². The van der Waals surface area contributed by atoms with Gasteiger partial charge in [-0.05, 0) is 0 Å². The summed E-state index contributed by atoms with van der Waals surface area (Å²) in [5.41, 5.74) is 0. The summed E-state index contributed by atoms with van der Waals surface area (Å²) >= 11 is 0. The van der Waals surface area contributed by atoms with Gasteiger partial charge in [-0.15, -0.1) is 0 Å². The first-order valence-corrected chi connectivity index (χ1v) is 1.95. The molecule has 0 aromatic rings. The molecule has 3 nitrogen and oxygen atoms in total. The quantitative estimate of drug-likeness (QED) is 0.322. The topological polar surface area (TPSA) is 57.5 Å². The van der Waals surface area contributed by atoms with Crippen molar-refractivity contribution in [2.75, 3.05) is 0 Å². The fraction of sp³-hybridized carbons (Fsp3) is 0. The van der Waals surface area contributed by atoms with Gasteiger partial charge in [0.05, 0.1) is 0 Å². The summed E-state index contributed by atoms with van der Waals surface area (Å²) in [6.07, 6.45) is 0. The van der Waals surface area contributed by atoms with E-state index in [1.165, 1.54) is 0 Å². The molecule has 0 bridgehead atoms. The molecule has 0 saturated carbocycles. The third-order valence-corrected chi connectivity index (χ3v) is 0. The molecule has 0 radical (unpaired) electrons. The fourth-order valence-electron chi connectivity index (χ4n) is 0. The number of hydrogen-bond donors (Lipinski definition) is 2. The van der Waals surface area contributed by atoms with Gasteiger partial charge in [-0.1, -0.05) is 0 Å². The van der Waals surface area contributed by atoms with Gasteiger partial charge in [0.1, 0.15) is 0 Å². The number of rotatable bonds is 0. The summed E-state index contributed by atoms with van der Waals surface area (Å²) in [5, 5.41) is 0. The first kappa shape index (κ1) is 22.4. The van der Waals surface area contributed by atoms with E-state index in [0.717, 1.165) is 0 Å². The number of hydrogen-bond acceptors (Lipinski definition) is 1. The summed E-state index contributed by atoms with van der Waals surface area (Å²) in [4.78, 5) is 14.3. The molecule has 38 valence electrons. The third kappa shape index (κ3) is 40.4. The SMILES string of the molecule is O=[PH](O)O.[CaH2].[CaH2].[CaH2]. The van der Waals surface area contributed by atoms with E-state index in [4.69, 9.17) is 14.4 Å². The van der Waals surface area contributed by atoms with E-state index >= 15 is 0 Å². The van der Waals surface area contributed by atoms with Crippen LogP contribution in [0.5, 0.6) is 0 Å². The second kappa shape index (κ2) is 16.5. The van der Waals surface area contributed by atoms with Crippen LogP contribution in [-0.4, -0.2) is 123 Å². The minimum atomic E-state index is -3.13. The van der Waals surface area contributed by atoms with Gasteiger partial charge in [-0.25, -0.2) is 0 Å². The monoisotopic (exact) mass is 208 g/mol. The van der Waals surface area contributed by atoms with E-state index in [-0.39, 0.29) is 113 Å². The van der Waals surface area contributed by atoms with Gasteiger partial charge in [-0.3, -0.25) is 4.57 Å². The summed E-state index contributed by atoms with van der Waals surface area (Å²) < 4.78 is 8.74. The second-order valence-electron chi connectivity index (χ2n) is 0.283. The summed E-state index contributed by atoms with van der Waals surface area (Å²) in [6, 6.07) is 0. The van der Waals surface area contributed by atoms with Crippen LogP contribution in [0.2, 0.25) is 0 Å².